The Labute approximate surface area is 65.2 Å². The minimum Gasteiger partial charge on any atom is -0.484 e. The van der Waals surface area contributed by atoms with Crippen LogP contribution in [0.1, 0.15) is 0 Å². The zero-order valence-electron chi connectivity index (χ0n) is 6.08. The van der Waals surface area contributed by atoms with Crippen LogP contribution in [0.2, 0.25) is 0 Å². The number of ether oxygens (including phenoxy) is 1. The Morgan fingerprint density at radius 3 is 3.36 bits per heavy atom. The van der Waals surface area contributed by atoms with Crippen molar-refractivity contribution in [3.63, 3.8) is 0 Å². The van der Waals surface area contributed by atoms with Crippen molar-refractivity contribution < 1.29 is 4.74 Å². The van der Waals surface area contributed by atoms with Gasteiger partial charge in [-0.15, -0.1) is 0 Å². The molecule has 2 bridgehead atoms. The predicted molar refractivity (Wildman–Crippen MR) is 42.0 cm³/mol. The smallest absolute Gasteiger partial charge is 0.137 e. The quantitative estimate of drug-likeness (QED) is 0.545. The molecule has 3 heterocycles. The van der Waals surface area contributed by atoms with Gasteiger partial charge in [0.05, 0.1) is 6.04 Å². The molecule has 11 heavy (non-hydrogen) atoms. The first-order chi connectivity index (χ1) is 5.45. The lowest BCUT2D eigenvalue weighted by atomic mass is 9.96. The summed E-state index contributed by atoms with van der Waals surface area (Å²) in [6.45, 7) is 0.967. The van der Waals surface area contributed by atoms with Crippen LogP contribution >= 0.6 is 0 Å². The van der Waals surface area contributed by atoms with Gasteiger partial charge in [0.2, 0.25) is 0 Å². The van der Waals surface area contributed by atoms with Gasteiger partial charge in [0.1, 0.15) is 11.9 Å². The maximum absolute atomic E-state index is 5.57. The first kappa shape index (κ1) is 5.61. The number of fused-ring (bicyclic) bond motifs is 4. The fourth-order valence-corrected chi connectivity index (χ4v) is 1.87. The second kappa shape index (κ2) is 1.77. The summed E-state index contributed by atoms with van der Waals surface area (Å²) >= 11 is 0. The molecule has 0 saturated carbocycles. The summed E-state index contributed by atoms with van der Waals surface area (Å²) in [5, 5.41) is 3.39. The maximum atomic E-state index is 5.57. The highest BCUT2D eigenvalue weighted by molar-refractivity contribution is 5.45. The number of hydrogen-bond donors (Lipinski definition) is 1. The standard InChI is InChI=1S/C9H9NO/c1-2-6-7-3-4-8(11-7)9(6)10-5-1/h1-4,8-10H,5H2. The zero-order valence-corrected chi connectivity index (χ0v) is 6.08. The van der Waals surface area contributed by atoms with E-state index in [9.17, 15) is 0 Å². The van der Waals surface area contributed by atoms with Crippen LogP contribution in [-0.2, 0) is 4.74 Å². The molecule has 3 aliphatic rings. The van der Waals surface area contributed by atoms with Gasteiger partial charge in [-0.2, -0.15) is 0 Å². The van der Waals surface area contributed by atoms with Gasteiger partial charge in [0.15, 0.2) is 0 Å². The van der Waals surface area contributed by atoms with Gasteiger partial charge < -0.3 is 10.1 Å². The lowest BCUT2D eigenvalue weighted by Crippen LogP contribution is -2.39. The third kappa shape index (κ3) is 0.601. The molecular weight excluding hydrogens is 138 g/mol. The molecule has 0 aromatic carbocycles. The van der Waals surface area contributed by atoms with Crippen molar-refractivity contribution in [2.24, 2.45) is 0 Å². The molecule has 2 atom stereocenters. The summed E-state index contributed by atoms with van der Waals surface area (Å²) < 4.78 is 5.57. The van der Waals surface area contributed by atoms with E-state index in [1.807, 2.05) is 0 Å². The molecule has 0 radical (unpaired) electrons. The van der Waals surface area contributed by atoms with Crippen LogP contribution in [0.15, 0.2) is 35.6 Å². The highest BCUT2D eigenvalue weighted by Gasteiger charge is 2.37. The molecule has 3 aliphatic heterocycles. The Balaban J connectivity index is 2.14. The number of allylic oxidation sites excluding steroid dienone is 1. The maximum Gasteiger partial charge on any atom is 0.137 e. The van der Waals surface area contributed by atoms with Crippen LogP contribution < -0.4 is 5.32 Å². The van der Waals surface area contributed by atoms with Gasteiger partial charge in [-0.05, 0) is 12.2 Å². The number of hydrogen-bond acceptors (Lipinski definition) is 2. The van der Waals surface area contributed by atoms with Crippen LogP contribution in [0.4, 0.5) is 0 Å². The lowest BCUT2D eigenvalue weighted by molar-refractivity contribution is 0.188. The van der Waals surface area contributed by atoms with E-state index in [-0.39, 0.29) is 6.10 Å². The molecule has 0 amide bonds. The van der Waals surface area contributed by atoms with Crippen molar-refractivity contribution in [2.45, 2.75) is 12.1 Å². The van der Waals surface area contributed by atoms with Gasteiger partial charge in [0.25, 0.3) is 0 Å². The van der Waals surface area contributed by atoms with Gasteiger partial charge in [-0.3, -0.25) is 0 Å². The molecule has 2 unspecified atom stereocenters. The summed E-state index contributed by atoms with van der Waals surface area (Å²) in [4.78, 5) is 0. The molecule has 0 fully saturated rings. The normalized spacial score (nSPS) is 37.8. The average molecular weight is 147 g/mol. The second-order valence-corrected chi connectivity index (χ2v) is 3.05. The molecule has 2 heteroatoms. The van der Waals surface area contributed by atoms with Crippen molar-refractivity contribution in [3.8, 4) is 0 Å². The minimum atomic E-state index is 0.268. The van der Waals surface area contributed by atoms with E-state index in [0.717, 1.165) is 12.3 Å². The summed E-state index contributed by atoms with van der Waals surface area (Å²) in [5.41, 5.74) is 1.32. The molecule has 56 valence electrons. The highest BCUT2D eigenvalue weighted by Crippen LogP contribution is 2.34. The fraction of sp³-hybridized carbons (Fsp3) is 0.333. The Bertz CT molecular complexity index is 288. The Kier molecular flexibility index (Phi) is 0.902. The third-order valence-electron chi connectivity index (χ3n) is 2.40. The van der Waals surface area contributed by atoms with E-state index in [0.29, 0.717) is 6.04 Å². The summed E-state index contributed by atoms with van der Waals surface area (Å²) in [6.07, 6.45) is 8.75. The Morgan fingerprint density at radius 2 is 2.45 bits per heavy atom. The van der Waals surface area contributed by atoms with E-state index in [2.05, 4.69) is 29.6 Å². The average Bonchev–Trinajstić information content (AvgIpc) is 2.64. The van der Waals surface area contributed by atoms with Gasteiger partial charge >= 0.3 is 0 Å². The molecule has 0 aromatic heterocycles. The van der Waals surface area contributed by atoms with Gasteiger partial charge in [-0.25, -0.2) is 0 Å². The Hall–Kier alpha value is -1.02. The molecule has 2 nitrogen and oxygen atoms in total. The minimum absolute atomic E-state index is 0.268. The first-order valence-electron chi connectivity index (χ1n) is 3.94. The van der Waals surface area contributed by atoms with Crippen LogP contribution in [0.5, 0.6) is 0 Å². The van der Waals surface area contributed by atoms with E-state index in [1.54, 1.807) is 0 Å². The SMILES string of the molecule is C1=CC2=C3C=CC(O3)C2NC1. The van der Waals surface area contributed by atoms with Crippen molar-refractivity contribution in [3.05, 3.63) is 35.6 Å². The fourth-order valence-electron chi connectivity index (χ4n) is 1.87. The molecule has 3 rings (SSSR count). The van der Waals surface area contributed by atoms with Crippen molar-refractivity contribution in [1.82, 2.24) is 5.32 Å². The number of rotatable bonds is 0. The van der Waals surface area contributed by atoms with E-state index >= 15 is 0 Å². The number of nitrogens with one attached hydrogen (secondary N) is 1. The molecule has 0 spiro atoms. The lowest BCUT2D eigenvalue weighted by Gasteiger charge is -2.20. The predicted octanol–water partition coefficient (Wildman–Crippen LogP) is 0.737. The second-order valence-electron chi connectivity index (χ2n) is 3.05. The topological polar surface area (TPSA) is 21.3 Å². The van der Waals surface area contributed by atoms with E-state index in [1.165, 1.54) is 5.57 Å². The third-order valence-corrected chi connectivity index (χ3v) is 2.40. The van der Waals surface area contributed by atoms with Crippen molar-refractivity contribution in [1.29, 1.82) is 0 Å². The summed E-state index contributed by atoms with van der Waals surface area (Å²) in [5.74, 6) is 1.06. The first-order valence-corrected chi connectivity index (χ1v) is 3.94. The molecular formula is C9H9NO. The molecule has 0 aliphatic carbocycles. The van der Waals surface area contributed by atoms with Crippen molar-refractivity contribution in [2.75, 3.05) is 6.54 Å². The van der Waals surface area contributed by atoms with Gasteiger partial charge in [0, 0.05) is 12.1 Å². The molecule has 0 saturated heterocycles. The summed E-state index contributed by atoms with van der Waals surface area (Å²) in [6, 6.07) is 0.431. The largest absolute Gasteiger partial charge is 0.484 e. The summed E-state index contributed by atoms with van der Waals surface area (Å²) in [7, 11) is 0. The molecule has 1 N–H and O–H groups in total. The van der Waals surface area contributed by atoms with Crippen molar-refractivity contribution >= 4 is 0 Å². The van der Waals surface area contributed by atoms with E-state index < -0.39 is 0 Å². The highest BCUT2D eigenvalue weighted by atomic mass is 16.5. The van der Waals surface area contributed by atoms with Crippen LogP contribution in [0, 0.1) is 0 Å². The Morgan fingerprint density at radius 1 is 1.45 bits per heavy atom. The van der Waals surface area contributed by atoms with Crippen LogP contribution in [-0.4, -0.2) is 18.7 Å². The zero-order chi connectivity index (χ0) is 7.26. The van der Waals surface area contributed by atoms with Crippen LogP contribution in [0.3, 0.4) is 0 Å². The van der Waals surface area contributed by atoms with E-state index in [4.69, 9.17) is 4.74 Å². The van der Waals surface area contributed by atoms with Gasteiger partial charge in [-0.1, -0.05) is 12.2 Å². The van der Waals surface area contributed by atoms with Crippen LogP contribution in [0.25, 0.3) is 0 Å². The monoisotopic (exact) mass is 147 g/mol. The molecule has 0 aromatic rings.